The van der Waals surface area contributed by atoms with Crippen LogP contribution in [0.15, 0.2) is 4.99 Å². The first-order valence-electron chi connectivity index (χ1n) is 21.7. The van der Waals surface area contributed by atoms with E-state index in [0.29, 0.717) is 72.5 Å². The second kappa shape index (κ2) is 42.8. The number of hydrogen-bond acceptors (Lipinski definition) is 15. The second-order valence-corrected chi connectivity index (χ2v) is 14.7. The molecule has 0 aliphatic heterocycles. The van der Waals surface area contributed by atoms with Crippen LogP contribution in [-0.2, 0) is 61.9 Å². The van der Waals surface area contributed by atoms with Crippen molar-refractivity contribution in [3.8, 4) is 0 Å². The zero-order chi connectivity index (χ0) is 45.9. The molecule has 0 aliphatic carbocycles. The Kier molecular flexibility index (Phi) is 40.5. The molecule has 0 saturated carbocycles. The van der Waals surface area contributed by atoms with Crippen molar-refractivity contribution < 1.29 is 72.1 Å². The second-order valence-electron chi connectivity index (χ2n) is 14.3. The Labute approximate surface area is 372 Å². The van der Waals surface area contributed by atoms with E-state index in [2.05, 4.69) is 28.3 Å². The molecule has 21 heteroatoms. The van der Waals surface area contributed by atoms with Gasteiger partial charge in [0.05, 0.1) is 91.7 Å². The third-order valence-electron chi connectivity index (χ3n) is 8.85. The Bertz CT molecular complexity index is 1230. The van der Waals surface area contributed by atoms with E-state index in [1.165, 1.54) is 51.4 Å². The molecule has 0 aromatic rings. The number of carbonyl (C=O) groups excluding carboxylic acids is 4. The molecular formula is C41H75N5O15S. The lowest BCUT2D eigenvalue weighted by molar-refractivity contribution is -0.147. The minimum atomic E-state index is -1.66. The van der Waals surface area contributed by atoms with Crippen molar-refractivity contribution >= 4 is 53.9 Å². The molecule has 0 heterocycles. The van der Waals surface area contributed by atoms with E-state index in [1.54, 1.807) is 0 Å². The maximum absolute atomic E-state index is 12.9. The van der Waals surface area contributed by atoms with E-state index in [9.17, 15) is 28.8 Å². The van der Waals surface area contributed by atoms with Crippen molar-refractivity contribution in [2.75, 3.05) is 105 Å². The highest BCUT2D eigenvalue weighted by atomic mass is 32.1. The van der Waals surface area contributed by atoms with Crippen molar-refractivity contribution in [3.63, 3.8) is 0 Å². The molecule has 0 aromatic heterocycles. The number of ether oxygens (including phenoxy) is 7. The van der Waals surface area contributed by atoms with Crippen molar-refractivity contribution in [1.82, 2.24) is 10.6 Å². The molecule has 0 aromatic carbocycles. The van der Waals surface area contributed by atoms with E-state index in [1.807, 2.05) is 0 Å². The summed E-state index contributed by atoms with van der Waals surface area (Å²) in [5, 5.41) is 22.6. The smallest absolute Gasteiger partial charge is 0.326 e. The summed E-state index contributed by atoms with van der Waals surface area (Å²) < 4.78 is 38.4. The molecule has 360 valence electrons. The molecule has 0 spiro atoms. The zero-order valence-corrected chi connectivity index (χ0v) is 37.4. The largest absolute Gasteiger partial charge is 0.481 e. The maximum Gasteiger partial charge on any atom is 0.326 e. The number of hydrogen-bond donors (Lipinski definition) is 7. The van der Waals surface area contributed by atoms with Crippen LogP contribution in [0.3, 0.4) is 0 Å². The number of guanidine groups is 1. The van der Waals surface area contributed by atoms with Crippen LogP contribution in [0.4, 0.5) is 0 Å². The highest BCUT2D eigenvalue weighted by Gasteiger charge is 2.25. The van der Waals surface area contributed by atoms with Crippen LogP contribution >= 0.6 is 12.6 Å². The molecule has 2 unspecified atom stereocenters. The summed E-state index contributed by atoms with van der Waals surface area (Å²) in [5.74, 6) is -4.40. The average Bonchev–Trinajstić information content (AvgIpc) is 3.23. The summed E-state index contributed by atoms with van der Waals surface area (Å²) in [6.45, 7) is 5.66. The third-order valence-corrected chi connectivity index (χ3v) is 9.17. The van der Waals surface area contributed by atoms with Crippen LogP contribution in [-0.4, -0.2) is 168 Å². The molecular weight excluding hydrogens is 835 g/mol. The number of unbranched alkanes of at least 4 members (excludes halogenated alkanes) is 8. The van der Waals surface area contributed by atoms with Gasteiger partial charge in [-0.1, -0.05) is 44.9 Å². The molecule has 2 atom stereocenters. The number of nitrogens with two attached hydrogens (primary N) is 2. The Morgan fingerprint density at radius 3 is 1.39 bits per heavy atom. The Morgan fingerprint density at radius 2 is 0.935 bits per heavy atom. The van der Waals surface area contributed by atoms with Crippen LogP contribution in [0.2, 0.25) is 0 Å². The number of Topliss-reactive ketones (excluding diaryl/α,β-unsaturated/α-hetero) is 2. The first-order valence-corrected chi connectivity index (χ1v) is 22.4. The van der Waals surface area contributed by atoms with Crippen LogP contribution in [0.25, 0.3) is 0 Å². The average molecular weight is 910 g/mol. The molecule has 0 rings (SSSR count). The highest BCUT2D eigenvalue weighted by Crippen LogP contribution is 2.10. The van der Waals surface area contributed by atoms with E-state index in [4.69, 9.17) is 54.8 Å². The number of aliphatic imine (C=N–C) groups is 1. The predicted molar refractivity (Wildman–Crippen MR) is 233 cm³/mol. The summed E-state index contributed by atoms with van der Waals surface area (Å²) in [7, 11) is 0. The van der Waals surface area contributed by atoms with Gasteiger partial charge >= 0.3 is 11.9 Å². The van der Waals surface area contributed by atoms with Gasteiger partial charge in [-0.05, 0) is 31.4 Å². The van der Waals surface area contributed by atoms with Crippen molar-refractivity contribution in [2.24, 2.45) is 16.5 Å². The molecule has 0 radical (unpaired) electrons. The normalized spacial score (nSPS) is 12.1. The van der Waals surface area contributed by atoms with E-state index < -0.39 is 54.5 Å². The molecule has 62 heavy (non-hydrogen) atoms. The number of rotatable bonds is 47. The molecule has 8 N–H and O–H groups in total. The number of ketones is 2. The van der Waals surface area contributed by atoms with Crippen LogP contribution in [0.5, 0.6) is 0 Å². The SMILES string of the molecule is NC(N)=NCCCC(NC(=O)CCC(=O)COCCOCCOCCOCCOCCOCCOCCCCCCCCCCCS)C(=O)CCC(=O)NC(CC(=O)O)C(=O)O. The molecule has 0 saturated heterocycles. The molecule has 0 bridgehead atoms. The topological polar surface area (TPSA) is 296 Å². The van der Waals surface area contributed by atoms with Gasteiger partial charge in [-0.25, -0.2) is 4.79 Å². The number of carbonyl (C=O) groups is 6. The monoisotopic (exact) mass is 909 g/mol. The first-order chi connectivity index (χ1) is 30.0. The lowest BCUT2D eigenvalue weighted by Crippen LogP contribution is -2.43. The Morgan fingerprint density at radius 1 is 0.516 bits per heavy atom. The molecule has 0 fully saturated rings. The van der Waals surface area contributed by atoms with Gasteiger partial charge in [-0.15, -0.1) is 0 Å². The van der Waals surface area contributed by atoms with E-state index >= 15 is 0 Å². The number of nitrogens with zero attached hydrogens (tertiary/aromatic N) is 1. The number of carboxylic acids is 2. The Balaban J connectivity index is 3.85. The van der Waals surface area contributed by atoms with Crippen LogP contribution in [0, 0.1) is 0 Å². The number of aliphatic carboxylic acids is 2. The number of amides is 2. The standard InChI is InChI=1S/C41H75N5O15S/c42-41(43)44-16-10-11-34(36(48)13-15-38(50)46-35(40(53)54)31-39(51)52)45-37(49)14-12-33(47)32-61-29-28-60-27-26-59-25-24-58-23-22-57-21-20-56-19-18-55-17-8-6-4-2-1-3-5-7-9-30-62/h34-35,62H,1-32H2,(H,45,49)(H,46,50)(H,51,52)(H,53,54)(H4,42,43,44). The minimum Gasteiger partial charge on any atom is -0.481 e. The summed E-state index contributed by atoms with van der Waals surface area (Å²) in [6.07, 6.45) is 9.86. The van der Waals surface area contributed by atoms with Gasteiger partial charge in [0, 0.05) is 38.8 Å². The van der Waals surface area contributed by atoms with Crippen LogP contribution in [0.1, 0.15) is 103 Å². The van der Waals surface area contributed by atoms with Crippen molar-refractivity contribution in [1.29, 1.82) is 0 Å². The van der Waals surface area contributed by atoms with Gasteiger partial charge in [-0.2, -0.15) is 12.6 Å². The summed E-state index contributed by atoms with van der Waals surface area (Å²) in [4.78, 5) is 75.8. The quantitative estimate of drug-likeness (QED) is 0.0198. The zero-order valence-electron chi connectivity index (χ0n) is 36.5. The number of thiol groups is 1. The van der Waals surface area contributed by atoms with Gasteiger partial charge in [0.15, 0.2) is 17.5 Å². The lowest BCUT2D eigenvalue weighted by atomic mass is 10.0. The fourth-order valence-electron chi connectivity index (χ4n) is 5.52. The fourth-order valence-corrected chi connectivity index (χ4v) is 5.74. The highest BCUT2D eigenvalue weighted by molar-refractivity contribution is 7.80. The van der Waals surface area contributed by atoms with Crippen LogP contribution < -0.4 is 22.1 Å². The van der Waals surface area contributed by atoms with Gasteiger partial charge in [0.25, 0.3) is 0 Å². The summed E-state index contributed by atoms with van der Waals surface area (Å²) in [6, 6.07) is -2.70. The predicted octanol–water partition coefficient (Wildman–Crippen LogP) is 1.82. The fraction of sp³-hybridized carbons (Fsp3) is 0.829. The van der Waals surface area contributed by atoms with Gasteiger partial charge in [0.1, 0.15) is 12.6 Å². The van der Waals surface area contributed by atoms with Crippen molar-refractivity contribution in [2.45, 2.75) is 115 Å². The lowest BCUT2D eigenvalue weighted by Gasteiger charge is -2.18. The van der Waals surface area contributed by atoms with Gasteiger partial charge in [-0.3, -0.25) is 29.0 Å². The number of nitrogens with one attached hydrogen (secondary N) is 2. The summed E-state index contributed by atoms with van der Waals surface area (Å²) >= 11 is 4.24. The van der Waals surface area contributed by atoms with Gasteiger partial charge < -0.3 is 65.5 Å². The van der Waals surface area contributed by atoms with E-state index in [0.717, 1.165) is 18.8 Å². The maximum atomic E-state index is 12.9. The number of carboxylic acid groups (broad SMARTS) is 2. The first kappa shape index (κ1) is 58.6. The van der Waals surface area contributed by atoms with Crippen molar-refractivity contribution in [3.05, 3.63) is 0 Å². The summed E-state index contributed by atoms with van der Waals surface area (Å²) in [5.41, 5.74) is 10.6. The van der Waals surface area contributed by atoms with Gasteiger partial charge in [0.2, 0.25) is 11.8 Å². The molecule has 0 aliphatic rings. The minimum absolute atomic E-state index is 0.123. The Hall–Kier alpha value is -3.44. The third kappa shape index (κ3) is 40.6. The molecule has 2 amide bonds. The molecule has 20 nitrogen and oxygen atoms in total. The van der Waals surface area contributed by atoms with E-state index in [-0.39, 0.29) is 63.8 Å².